The largest absolute Gasteiger partial charge is 0.355 e. The second-order valence-electron chi connectivity index (χ2n) is 7.73. The fourth-order valence-corrected chi connectivity index (χ4v) is 3.64. The lowest BCUT2D eigenvalue weighted by Crippen LogP contribution is -2.07. The smallest absolute Gasteiger partial charge is 0.270 e. The maximum Gasteiger partial charge on any atom is 0.270 e. The second-order valence-corrected chi connectivity index (χ2v) is 7.73. The van der Waals surface area contributed by atoms with E-state index in [2.05, 4.69) is 27.0 Å². The molecular formula is C25H18F2N4O. The molecule has 2 aromatic carbocycles. The molecule has 0 spiro atoms. The van der Waals surface area contributed by atoms with Crippen molar-refractivity contribution in [3.63, 3.8) is 0 Å². The molecule has 158 valence electrons. The molecule has 0 aliphatic rings. The number of nitrogens with zero attached hydrogens (tertiary/aromatic N) is 4. The Morgan fingerprint density at radius 2 is 2.00 bits per heavy atom. The van der Waals surface area contributed by atoms with Crippen molar-refractivity contribution in [2.24, 2.45) is 0 Å². The van der Waals surface area contributed by atoms with Gasteiger partial charge in [0.05, 0.1) is 23.7 Å². The number of halogens is 2. The van der Waals surface area contributed by atoms with Crippen molar-refractivity contribution in [3.05, 3.63) is 94.8 Å². The number of alkyl halides is 2. The molecule has 5 rings (SSSR count). The summed E-state index contributed by atoms with van der Waals surface area (Å²) in [6.07, 6.45) is 7.23. The Kier molecular flexibility index (Phi) is 4.71. The van der Waals surface area contributed by atoms with E-state index in [0.717, 1.165) is 34.7 Å². The Hall–Kier alpha value is -4.05. The Morgan fingerprint density at radius 1 is 1.12 bits per heavy atom. The lowest BCUT2D eigenvalue weighted by Gasteiger charge is -2.11. The molecule has 0 aliphatic carbocycles. The summed E-state index contributed by atoms with van der Waals surface area (Å²) in [7, 11) is 0. The van der Waals surface area contributed by atoms with Gasteiger partial charge >= 0.3 is 0 Å². The summed E-state index contributed by atoms with van der Waals surface area (Å²) in [6.45, 7) is 2.85. The van der Waals surface area contributed by atoms with Crippen molar-refractivity contribution in [1.82, 2.24) is 19.5 Å². The summed E-state index contributed by atoms with van der Waals surface area (Å²) in [4.78, 5) is 8.36. The van der Waals surface area contributed by atoms with E-state index < -0.39 is 5.92 Å². The van der Waals surface area contributed by atoms with Gasteiger partial charge in [-0.1, -0.05) is 35.3 Å². The van der Waals surface area contributed by atoms with Crippen LogP contribution >= 0.6 is 0 Å². The normalized spacial score (nSPS) is 11.6. The SMILES string of the molecule is Cc1ccc2c(Cc3cccc(C(C)(F)F)c3)noc2c1C#Cc1cnc2cnccn12. The van der Waals surface area contributed by atoms with Gasteiger partial charge in [0.25, 0.3) is 5.92 Å². The summed E-state index contributed by atoms with van der Waals surface area (Å²) in [5, 5.41) is 5.04. The summed E-state index contributed by atoms with van der Waals surface area (Å²) in [6, 6.07) is 10.3. The number of aromatic nitrogens is 4. The van der Waals surface area contributed by atoms with Crippen LogP contribution in [0.5, 0.6) is 0 Å². The van der Waals surface area contributed by atoms with E-state index >= 15 is 0 Å². The number of rotatable bonds is 3. The minimum Gasteiger partial charge on any atom is -0.355 e. The van der Waals surface area contributed by atoms with E-state index in [1.807, 2.05) is 29.5 Å². The fourth-order valence-electron chi connectivity index (χ4n) is 3.64. The number of fused-ring (bicyclic) bond motifs is 2. The first kappa shape index (κ1) is 19.9. The van der Waals surface area contributed by atoms with Crippen LogP contribution in [0.2, 0.25) is 0 Å². The van der Waals surface area contributed by atoms with Crippen LogP contribution in [0, 0.1) is 18.8 Å². The average molecular weight is 428 g/mol. The maximum atomic E-state index is 13.7. The molecule has 7 heteroatoms. The number of aryl methyl sites for hydroxylation is 1. The van der Waals surface area contributed by atoms with Crippen molar-refractivity contribution in [3.8, 4) is 11.8 Å². The molecule has 0 saturated carbocycles. The predicted octanol–water partition coefficient (Wildman–Crippen LogP) is 5.28. The lowest BCUT2D eigenvalue weighted by molar-refractivity contribution is 0.0174. The van der Waals surface area contributed by atoms with E-state index in [9.17, 15) is 8.78 Å². The standard InChI is InChI=1S/C25H18F2N4O/c1-16-6-8-21-22(13-17-4-3-5-18(12-17)25(2,26)27)30-32-24(21)20(16)9-7-19-14-29-23-15-28-10-11-31(19)23/h3-6,8,10-12,14-15H,13H2,1-2H3. The van der Waals surface area contributed by atoms with Crippen LogP contribution in [0.1, 0.15) is 40.6 Å². The molecule has 0 unspecified atom stereocenters. The minimum atomic E-state index is -2.89. The molecule has 32 heavy (non-hydrogen) atoms. The van der Waals surface area contributed by atoms with Gasteiger partial charge in [-0.3, -0.25) is 9.38 Å². The monoisotopic (exact) mass is 428 g/mol. The Balaban J connectivity index is 1.53. The molecule has 5 aromatic rings. The third kappa shape index (κ3) is 3.60. The first-order valence-electron chi connectivity index (χ1n) is 10.0. The molecule has 0 bridgehead atoms. The summed E-state index contributed by atoms with van der Waals surface area (Å²) >= 11 is 0. The van der Waals surface area contributed by atoms with Gasteiger partial charge in [-0.05, 0) is 36.1 Å². The van der Waals surface area contributed by atoms with E-state index in [0.29, 0.717) is 23.3 Å². The molecule has 0 amide bonds. The highest BCUT2D eigenvalue weighted by atomic mass is 19.3. The molecule has 0 saturated heterocycles. The Labute approximate surface area is 182 Å². The van der Waals surface area contributed by atoms with Gasteiger partial charge < -0.3 is 4.52 Å². The molecular weight excluding hydrogens is 410 g/mol. The van der Waals surface area contributed by atoms with Crippen molar-refractivity contribution >= 4 is 16.6 Å². The van der Waals surface area contributed by atoms with Gasteiger partial charge in [-0.2, -0.15) is 0 Å². The topological polar surface area (TPSA) is 56.2 Å². The molecule has 3 heterocycles. The minimum absolute atomic E-state index is 0.0200. The number of imidazole rings is 1. The predicted molar refractivity (Wildman–Crippen MR) is 117 cm³/mol. The van der Waals surface area contributed by atoms with Crippen LogP contribution in [0.15, 0.2) is 65.7 Å². The Morgan fingerprint density at radius 3 is 2.84 bits per heavy atom. The van der Waals surface area contributed by atoms with Gasteiger partial charge in [0.15, 0.2) is 11.2 Å². The zero-order valence-corrected chi connectivity index (χ0v) is 17.4. The lowest BCUT2D eigenvalue weighted by atomic mass is 10.00. The molecule has 0 radical (unpaired) electrons. The molecule has 0 atom stereocenters. The van der Waals surface area contributed by atoms with Crippen LogP contribution in [-0.4, -0.2) is 19.5 Å². The van der Waals surface area contributed by atoms with Crippen LogP contribution in [0.4, 0.5) is 8.78 Å². The third-order valence-corrected chi connectivity index (χ3v) is 5.36. The zero-order chi connectivity index (χ0) is 22.3. The highest BCUT2D eigenvalue weighted by molar-refractivity contribution is 5.86. The molecule has 0 N–H and O–H groups in total. The Bertz CT molecular complexity index is 1520. The zero-order valence-electron chi connectivity index (χ0n) is 17.4. The van der Waals surface area contributed by atoms with Gasteiger partial charge in [-0.25, -0.2) is 13.8 Å². The van der Waals surface area contributed by atoms with Crippen LogP contribution in [0.3, 0.4) is 0 Å². The summed E-state index contributed by atoms with van der Waals surface area (Å²) in [5.74, 6) is 3.45. The number of hydrogen-bond acceptors (Lipinski definition) is 4. The van der Waals surface area contributed by atoms with Crippen molar-refractivity contribution in [2.45, 2.75) is 26.2 Å². The van der Waals surface area contributed by atoms with Crippen LogP contribution in [-0.2, 0) is 12.3 Å². The van der Waals surface area contributed by atoms with E-state index in [4.69, 9.17) is 4.52 Å². The summed E-state index contributed by atoms with van der Waals surface area (Å²) < 4.78 is 34.9. The maximum absolute atomic E-state index is 13.7. The quantitative estimate of drug-likeness (QED) is 0.367. The number of hydrogen-bond donors (Lipinski definition) is 0. The summed E-state index contributed by atoms with van der Waals surface area (Å²) in [5.41, 5.74) is 5.12. The van der Waals surface area contributed by atoms with E-state index in [-0.39, 0.29) is 5.56 Å². The van der Waals surface area contributed by atoms with Crippen molar-refractivity contribution in [1.29, 1.82) is 0 Å². The first-order chi connectivity index (χ1) is 15.4. The molecule has 3 aromatic heterocycles. The van der Waals surface area contributed by atoms with Crippen molar-refractivity contribution in [2.75, 3.05) is 0 Å². The average Bonchev–Trinajstić information content (AvgIpc) is 3.37. The molecule has 5 nitrogen and oxygen atoms in total. The second kappa shape index (κ2) is 7.57. The van der Waals surface area contributed by atoms with Crippen LogP contribution in [0.25, 0.3) is 16.6 Å². The highest BCUT2D eigenvalue weighted by Crippen LogP contribution is 2.30. The molecule has 0 aliphatic heterocycles. The van der Waals surface area contributed by atoms with Crippen LogP contribution < -0.4 is 0 Å². The van der Waals surface area contributed by atoms with Crippen molar-refractivity contribution < 1.29 is 13.3 Å². The first-order valence-corrected chi connectivity index (χ1v) is 10.0. The fraction of sp³-hybridized carbons (Fsp3) is 0.160. The number of benzene rings is 2. The van der Waals surface area contributed by atoms with Gasteiger partial charge in [0.2, 0.25) is 0 Å². The van der Waals surface area contributed by atoms with Gasteiger partial charge in [-0.15, -0.1) is 0 Å². The van der Waals surface area contributed by atoms with Gasteiger partial charge in [0, 0.05) is 36.7 Å². The third-order valence-electron chi connectivity index (χ3n) is 5.36. The highest BCUT2D eigenvalue weighted by Gasteiger charge is 2.24. The molecule has 0 fully saturated rings. The van der Waals surface area contributed by atoms with E-state index in [1.54, 1.807) is 30.9 Å². The van der Waals surface area contributed by atoms with Gasteiger partial charge in [0.1, 0.15) is 5.69 Å². The van der Waals surface area contributed by atoms with E-state index in [1.165, 1.54) is 12.1 Å².